The number of hydrogen-bond acceptors (Lipinski definition) is 6. The quantitative estimate of drug-likeness (QED) is 0.642. The highest BCUT2D eigenvalue weighted by molar-refractivity contribution is 5.48. The molecule has 1 unspecified atom stereocenters. The second-order valence-corrected chi connectivity index (χ2v) is 3.49. The SMILES string of the molecule is OCC(O)CNc1ccc(-n2ncnn2)cc1. The van der Waals surface area contributed by atoms with E-state index in [2.05, 4.69) is 20.7 Å². The first-order chi connectivity index (χ1) is 8.29. The molecule has 0 spiro atoms. The molecule has 0 aliphatic carbocycles. The molecule has 90 valence electrons. The summed E-state index contributed by atoms with van der Waals surface area (Å²) in [5.74, 6) is 0. The molecule has 0 aliphatic rings. The molecule has 0 aliphatic heterocycles. The molecule has 3 N–H and O–H groups in total. The Hall–Kier alpha value is -1.99. The molecule has 1 aromatic carbocycles. The predicted molar refractivity (Wildman–Crippen MR) is 60.7 cm³/mol. The fraction of sp³-hybridized carbons (Fsp3) is 0.300. The molecule has 17 heavy (non-hydrogen) atoms. The van der Waals surface area contributed by atoms with Crippen molar-refractivity contribution >= 4 is 5.69 Å². The smallest absolute Gasteiger partial charge is 0.162 e. The average molecular weight is 235 g/mol. The number of aliphatic hydroxyl groups is 2. The summed E-state index contributed by atoms with van der Waals surface area (Å²) in [6.07, 6.45) is 0.607. The molecule has 0 bridgehead atoms. The minimum absolute atomic E-state index is 0.256. The molecule has 0 saturated carbocycles. The van der Waals surface area contributed by atoms with E-state index in [1.807, 2.05) is 24.3 Å². The Morgan fingerprint density at radius 2 is 2.06 bits per heavy atom. The Labute approximate surface area is 97.7 Å². The van der Waals surface area contributed by atoms with Crippen molar-refractivity contribution in [2.75, 3.05) is 18.5 Å². The Morgan fingerprint density at radius 1 is 1.29 bits per heavy atom. The maximum Gasteiger partial charge on any atom is 0.162 e. The molecule has 2 rings (SSSR count). The standard InChI is InChI=1S/C10H13N5O2/c16-6-10(17)5-11-8-1-3-9(4-2-8)15-13-7-12-14-15/h1-4,7,10-11,16-17H,5-6H2. The first kappa shape index (κ1) is 11.5. The maximum atomic E-state index is 9.18. The van der Waals surface area contributed by atoms with Crippen molar-refractivity contribution in [1.82, 2.24) is 20.2 Å². The van der Waals surface area contributed by atoms with Crippen LogP contribution in [0.3, 0.4) is 0 Å². The molecule has 7 heteroatoms. The van der Waals surface area contributed by atoms with Gasteiger partial charge in [0.1, 0.15) is 0 Å². The van der Waals surface area contributed by atoms with Crippen molar-refractivity contribution in [3.63, 3.8) is 0 Å². The van der Waals surface area contributed by atoms with Crippen LogP contribution in [-0.4, -0.2) is 49.7 Å². The summed E-state index contributed by atoms with van der Waals surface area (Å²) in [4.78, 5) is 1.41. The first-order valence-corrected chi connectivity index (χ1v) is 5.16. The lowest BCUT2D eigenvalue weighted by Gasteiger charge is -2.10. The minimum Gasteiger partial charge on any atom is -0.394 e. The molecule has 0 fully saturated rings. The van der Waals surface area contributed by atoms with Gasteiger partial charge in [0.2, 0.25) is 0 Å². The van der Waals surface area contributed by atoms with Crippen LogP contribution in [0.1, 0.15) is 0 Å². The lowest BCUT2D eigenvalue weighted by Crippen LogP contribution is -2.22. The van der Waals surface area contributed by atoms with E-state index >= 15 is 0 Å². The summed E-state index contributed by atoms with van der Waals surface area (Å²) < 4.78 is 0. The molecule has 1 atom stereocenters. The highest BCUT2D eigenvalue weighted by Gasteiger charge is 2.02. The van der Waals surface area contributed by atoms with Gasteiger partial charge in [0.05, 0.1) is 18.4 Å². The summed E-state index contributed by atoms with van der Waals surface area (Å²) in [5.41, 5.74) is 1.65. The van der Waals surface area contributed by atoms with Crippen molar-refractivity contribution in [2.24, 2.45) is 0 Å². The van der Waals surface area contributed by atoms with E-state index < -0.39 is 6.10 Å². The van der Waals surface area contributed by atoms with Gasteiger partial charge < -0.3 is 15.5 Å². The number of nitrogens with zero attached hydrogens (tertiary/aromatic N) is 4. The van der Waals surface area contributed by atoms with Crippen LogP contribution in [0.25, 0.3) is 5.69 Å². The predicted octanol–water partition coefficient (Wildman–Crippen LogP) is -0.573. The molecule has 2 aromatic rings. The fourth-order valence-corrected chi connectivity index (χ4v) is 1.30. The zero-order chi connectivity index (χ0) is 12.1. The molecule has 1 aromatic heterocycles. The third-order valence-corrected chi connectivity index (χ3v) is 2.20. The van der Waals surface area contributed by atoms with Gasteiger partial charge in [-0.3, -0.25) is 0 Å². The number of aliphatic hydroxyl groups excluding tert-OH is 2. The first-order valence-electron chi connectivity index (χ1n) is 5.16. The number of nitrogens with one attached hydrogen (secondary N) is 1. The van der Waals surface area contributed by atoms with E-state index in [1.165, 1.54) is 11.1 Å². The van der Waals surface area contributed by atoms with E-state index in [1.54, 1.807) is 0 Å². The van der Waals surface area contributed by atoms with Crippen LogP contribution < -0.4 is 5.32 Å². The van der Waals surface area contributed by atoms with Gasteiger partial charge >= 0.3 is 0 Å². The molecular weight excluding hydrogens is 222 g/mol. The maximum absolute atomic E-state index is 9.18. The minimum atomic E-state index is -0.758. The normalized spacial score (nSPS) is 12.4. The average Bonchev–Trinajstić information content (AvgIpc) is 2.90. The van der Waals surface area contributed by atoms with Gasteiger partial charge in [-0.1, -0.05) is 0 Å². The fourth-order valence-electron chi connectivity index (χ4n) is 1.30. The van der Waals surface area contributed by atoms with Crippen molar-refractivity contribution in [1.29, 1.82) is 0 Å². The van der Waals surface area contributed by atoms with E-state index in [0.717, 1.165) is 11.4 Å². The summed E-state index contributed by atoms with van der Waals surface area (Å²) in [6.45, 7) is 0.0470. The van der Waals surface area contributed by atoms with Crippen LogP contribution in [0.4, 0.5) is 5.69 Å². The molecule has 0 amide bonds. The van der Waals surface area contributed by atoms with Crippen LogP contribution in [0.2, 0.25) is 0 Å². The van der Waals surface area contributed by atoms with E-state index in [4.69, 9.17) is 5.11 Å². The zero-order valence-electron chi connectivity index (χ0n) is 9.06. The third kappa shape index (κ3) is 2.99. The summed E-state index contributed by atoms with van der Waals surface area (Å²) in [6, 6.07) is 7.33. The number of anilines is 1. The van der Waals surface area contributed by atoms with E-state index in [9.17, 15) is 5.11 Å². The van der Waals surface area contributed by atoms with Crippen molar-refractivity contribution in [3.05, 3.63) is 30.6 Å². The monoisotopic (exact) mass is 235 g/mol. The van der Waals surface area contributed by atoms with Gasteiger partial charge in [-0.05, 0) is 29.5 Å². The molecule has 7 nitrogen and oxygen atoms in total. The second kappa shape index (κ2) is 5.37. The number of hydrogen-bond donors (Lipinski definition) is 3. The van der Waals surface area contributed by atoms with Gasteiger partial charge in [-0.2, -0.15) is 0 Å². The molecule has 0 radical (unpaired) electrons. The highest BCUT2D eigenvalue weighted by Crippen LogP contribution is 2.11. The third-order valence-electron chi connectivity index (χ3n) is 2.20. The van der Waals surface area contributed by atoms with Gasteiger partial charge in [-0.25, -0.2) is 0 Å². The van der Waals surface area contributed by atoms with E-state index in [-0.39, 0.29) is 6.61 Å². The van der Waals surface area contributed by atoms with Crippen LogP contribution >= 0.6 is 0 Å². The summed E-state index contributed by atoms with van der Waals surface area (Å²) in [5, 5.41) is 32.1. The number of tetrazole rings is 1. The Balaban J connectivity index is 1.99. The lowest BCUT2D eigenvalue weighted by atomic mass is 10.2. The van der Waals surface area contributed by atoms with Gasteiger partial charge in [0.15, 0.2) is 6.33 Å². The highest BCUT2D eigenvalue weighted by atomic mass is 16.3. The Morgan fingerprint density at radius 3 is 2.65 bits per heavy atom. The molecule has 0 saturated heterocycles. The second-order valence-electron chi connectivity index (χ2n) is 3.49. The largest absolute Gasteiger partial charge is 0.394 e. The molecule has 1 heterocycles. The number of benzene rings is 1. The van der Waals surface area contributed by atoms with Crippen LogP contribution in [0.15, 0.2) is 30.6 Å². The van der Waals surface area contributed by atoms with Crippen LogP contribution in [0, 0.1) is 0 Å². The van der Waals surface area contributed by atoms with Crippen molar-refractivity contribution < 1.29 is 10.2 Å². The van der Waals surface area contributed by atoms with Crippen LogP contribution in [-0.2, 0) is 0 Å². The number of rotatable bonds is 5. The van der Waals surface area contributed by atoms with Gasteiger partial charge in [0, 0.05) is 12.2 Å². The zero-order valence-corrected chi connectivity index (χ0v) is 9.06. The topological polar surface area (TPSA) is 96.1 Å². The van der Waals surface area contributed by atoms with Gasteiger partial charge in [0.25, 0.3) is 0 Å². The van der Waals surface area contributed by atoms with E-state index in [0.29, 0.717) is 6.54 Å². The van der Waals surface area contributed by atoms with Gasteiger partial charge in [-0.15, -0.1) is 15.0 Å². The lowest BCUT2D eigenvalue weighted by molar-refractivity contribution is 0.105. The van der Waals surface area contributed by atoms with Crippen molar-refractivity contribution in [3.8, 4) is 5.69 Å². The summed E-state index contributed by atoms with van der Waals surface area (Å²) in [7, 11) is 0. The van der Waals surface area contributed by atoms with Crippen molar-refractivity contribution in [2.45, 2.75) is 6.10 Å². The Kier molecular flexibility index (Phi) is 3.63. The number of aromatic nitrogens is 4. The van der Waals surface area contributed by atoms with Crippen LogP contribution in [0.5, 0.6) is 0 Å². The molecular formula is C10H13N5O2. The summed E-state index contributed by atoms with van der Waals surface area (Å²) >= 11 is 0. The Bertz CT molecular complexity index is 442.